The summed E-state index contributed by atoms with van der Waals surface area (Å²) in [5.41, 5.74) is 4.77. The van der Waals surface area contributed by atoms with Gasteiger partial charge in [0.1, 0.15) is 0 Å². The lowest BCUT2D eigenvalue weighted by Gasteiger charge is -2.52. The van der Waals surface area contributed by atoms with Crippen molar-refractivity contribution >= 4 is 5.69 Å². The van der Waals surface area contributed by atoms with Crippen LogP contribution in [0.1, 0.15) is 56.1 Å². The molecule has 1 N–H and O–H groups in total. The maximum absolute atomic E-state index is 3.81. The zero-order valence-corrected chi connectivity index (χ0v) is 11.8. The highest BCUT2D eigenvalue weighted by Crippen LogP contribution is 2.52. The van der Waals surface area contributed by atoms with Gasteiger partial charge >= 0.3 is 0 Å². The highest BCUT2D eigenvalue weighted by molar-refractivity contribution is 5.49. The second-order valence-corrected chi connectivity index (χ2v) is 6.46. The molecule has 0 saturated heterocycles. The van der Waals surface area contributed by atoms with E-state index < -0.39 is 0 Å². The Labute approximate surface area is 111 Å². The van der Waals surface area contributed by atoms with Crippen molar-refractivity contribution in [1.29, 1.82) is 0 Å². The van der Waals surface area contributed by atoms with Crippen LogP contribution < -0.4 is 5.32 Å². The third kappa shape index (κ3) is 2.04. The summed E-state index contributed by atoms with van der Waals surface area (Å²) in [6.07, 6.45) is 10.1. The van der Waals surface area contributed by atoms with Crippen LogP contribution in [0.3, 0.4) is 0 Å². The average molecular weight is 243 g/mol. The Morgan fingerprint density at radius 3 is 2.39 bits per heavy atom. The highest BCUT2D eigenvalue weighted by Gasteiger charge is 2.46. The van der Waals surface area contributed by atoms with E-state index in [0.29, 0.717) is 5.41 Å². The molecule has 1 spiro atoms. The molecule has 1 aromatic rings. The van der Waals surface area contributed by atoms with E-state index in [1.807, 2.05) is 0 Å². The molecule has 18 heavy (non-hydrogen) atoms. The minimum atomic E-state index is 0.650. The average Bonchev–Trinajstić information content (AvgIpc) is 2.40. The number of anilines is 1. The number of rotatable bonds is 2. The predicted molar refractivity (Wildman–Crippen MR) is 78.1 cm³/mol. The number of hydrogen-bond donors (Lipinski definition) is 1. The molecule has 1 atom stereocenters. The van der Waals surface area contributed by atoms with Gasteiger partial charge in [0.2, 0.25) is 0 Å². The van der Waals surface area contributed by atoms with Crippen LogP contribution in [0.25, 0.3) is 0 Å². The predicted octanol–water partition coefficient (Wildman–Crippen LogP) is 4.83. The molecule has 2 aliphatic rings. The van der Waals surface area contributed by atoms with Crippen molar-refractivity contribution in [3.63, 3.8) is 0 Å². The molecule has 2 aliphatic carbocycles. The topological polar surface area (TPSA) is 12.0 Å². The van der Waals surface area contributed by atoms with Crippen LogP contribution in [-0.4, -0.2) is 6.04 Å². The molecule has 2 saturated carbocycles. The summed E-state index contributed by atoms with van der Waals surface area (Å²) in [7, 11) is 0. The number of nitrogens with one attached hydrogen (secondary N) is 1. The van der Waals surface area contributed by atoms with Crippen molar-refractivity contribution in [2.45, 2.75) is 64.8 Å². The smallest absolute Gasteiger partial charge is 0.0345 e. The van der Waals surface area contributed by atoms with Crippen LogP contribution >= 0.6 is 0 Å². The van der Waals surface area contributed by atoms with E-state index in [1.165, 1.54) is 61.8 Å². The molecule has 0 bridgehead atoms. The molecule has 2 fully saturated rings. The molecule has 0 amide bonds. The first-order chi connectivity index (χ1) is 8.70. The van der Waals surface area contributed by atoms with Gasteiger partial charge in [0.15, 0.2) is 0 Å². The Morgan fingerprint density at radius 2 is 1.78 bits per heavy atom. The molecule has 1 aromatic carbocycles. The lowest BCUT2D eigenvalue weighted by Crippen LogP contribution is -2.50. The van der Waals surface area contributed by atoms with Crippen molar-refractivity contribution in [3.8, 4) is 0 Å². The lowest BCUT2D eigenvalue weighted by atomic mass is 9.57. The van der Waals surface area contributed by atoms with Gasteiger partial charge in [-0.2, -0.15) is 0 Å². The number of benzene rings is 1. The fourth-order valence-corrected chi connectivity index (χ4v) is 3.81. The normalized spacial score (nSPS) is 25.8. The molecule has 3 rings (SSSR count). The van der Waals surface area contributed by atoms with E-state index in [0.717, 1.165) is 6.04 Å². The summed E-state index contributed by atoms with van der Waals surface area (Å²) < 4.78 is 0. The van der Waals surface area contributed by atoms with Crippen molar-refractivity contribution < 1.29 is 0 Å². The Bertz CT molecular complexity index is 429. The quantitative estimate of drug-likeness (QED) is 0.784. The first-order valence-electron chi connectivity index (χ1n) is 7.53. The Kier molecular flexibility index (Phi) is 3.09. The van der Waals surface area contributed by atoms with Gasteiger partial charge in [-0.3, -0.25) is 0 Å². The molecular weight excluding hydrogens is 218 g/mol. The third-order valence-electron chi connectivity index (χ3n) is 5.37. The van der Waals surface area contributed by atoms with Crippen LogP contribution in [-0.2, 0) is 0 Å². The van der Waals surface area contributed by atoms with Crippen molar-refractivity contribution in [2.24, 2.45) is 5.41 Å². The van der Waals surface area contributed by atoms with E-state index in [-0.39, 0.29) is 0 Å². The summed E-state index contributed by atoms with van der Waals surface area (Å²) >= 11 is 0. The lowest BCUT2D eigenvalue weighted by molar-refractivity contribution is 0.0571. The molecule has 1 heteroatoms. The number of hydrogen-bond acceptors (Lipinski definition) is 1. The molecule has 1 unspecified atom stereocenters. The minimum absolute atomic E-state index is 0.650. The van der Waals surface area contributed by atoms with E-state index in [1.54, 1.807) is 0 Å². The Morgan fingerprint density at radius 1 is 1.00 bits per heavy atom. The standard InChI is InChI=1S/C17H25N/c1-13-6-7-15(12-14(13)2)18-16-8-11-17(16)9-4-3-5-10-17/h6-7,12,16,18H,3-5,8-11H2,1-2H3. The maximum atomic E-state index is 3.81. The number of aryl methyl sites for hydroxylation is 2. The van der Waals surface area contributed by atoms with E-state index in [4.69, 9.17) is 0 Å². The van der Waals surface area contributed by atoms with Gasteiger partial charge in [0.25, 0.3) is 0 Å². The second kappa shape index (κ2) is 4.60. The Hall–Kier alpha value is -0.980. The maximum Gasteiger partial charge on any atom is 0.0345 e. The van der Waals surface area contributed by atoms with E-state index >= 15 is 0 Å². The summed E-state index contributed by atoms with van der Waals surface area (Å²) in [5.74, 6) is 0. The molecule has 1 nitrogen and oxygen atoms in total. The molecular formula is C17H25N. The van der Waals surface area contributed by atoms with Crippen molar-refractivity contribution in [2.75, 3.05) is 5.32 Å². The van der Waals surface area contributed by atoms with Gasteiger partial charge in [-0.1, -0.05) is 25.3 Å². The van der Waals surface area contributed by atoms with Crippen LogP contribution in [0.15, 0.2) is 18.2 Å². The van der Waals surface area contributed by atoms with Crippen LogP contribution in [0.4, 0.5) is 5.69 Å². The van der Waals surface area contributed by atoms with Gasteiger partial charge in [0.05, 0.1) is 0 Å². The first-order valence-corrected chi connectivity index (χ1v) is 7.53. The van der Waals surface area contributed by atoms with Gasteiger partial charge < -0.3 is 5.32 Å². The van der Waals surface area contributed by atoms with Crippen LogP contribution in [0, 0.1) is 19.3 Å². The van der Waals surface area contributed by atoms with Crippen LogP contribution in [0.5, 0.6) is 0 Å². The van der Waals surface area contributed by atoms with Crippen LogP contribution in [0.2, 0.25) is 0 Å². The zero-order valence-electron chi connectivity index (χ0n) is 11.8. The van der Waals surface area contributed by atoms with Gasteiger partial charge in [-0.05, 0) is 68.2 Å². The SMILES string of the molecule is Cc1ccc(NC2CCC23CCCCC3)cc1C. The summed E-state index contributed by atoms with van der Waals surface area (Å²) in [4.78, 5) is 0. The molecule has 98 valence electrons. The fourth-order valence-electron chi connectivity index (χ4n) is 3.81. The summed E-state index contributed by atoms with van der Waals surface area (Å²) in [6, 6.07) is 7.53. The third-order valence-corrected chi connectivity index (χ3v) is 5.37. The first kappa shape index (κ1) is 12.1. The summed E-state index contributed by atoms with van der Waals surface area (Å²) in [6.45, 7) is 4.39. The van der Waals surface area contributed by atoms with Gasteiger partial charge in [0, 0.05) is 11.7 Å². The van der Waals surface area contributed by atoms with Gasteiger partial charge in [-0.25, -0.2) is 0 Å². The van der Waals surface area contributed by atoms with Gasteiger partial charge in [-0.15, -0.1) is 0 Å². The fraction of sp³-hybridized carbons (Fsp3) is 0.647. The zero-order chi connectivity index (χ0) is 12.6. The van der Waals surface area contributed by atoms with E-state index in [2.05, 4.69) is 37.4 Å². The second-order valence-electron chi connectivity index (χ2n) is 6.46. The largest absolute Gasteiger partial charge is 0.382 e. The molecule has 0 radical (unpaired) electrons. The molecule has 0 aliphatic heterocycles. The monoisotopic (exact) mass is 243 g/mol. The minimum Gasteiger partial charge on any atom is -0.382 e. The van der Waals surface area contributed by atoms with E-state index in [9.17, 15) is 0 Å². The van der Waals surface area contributed by atoms with Crippen molar-refractivity contribution in [1.82, 2.24) is 0 Å². The highest BCUT2D eigenvalue weighted by atomic mass is 15.0. The summed E-state index contributed by atoms with van der Waals surface area (Å²) in [5, 5.41) is 3.81. The molecule has 0 aromatic heterocycles. The van der Waals surface area contributed by atoms with Crippen molar-refractivity contribution in [3.05, 3.63) is 29.3 Å². The molecule has 0 heterocycles. The Balaban J connectivity index is 1.70.